The highest BCUT2D eigenvalue weighted by Crippen LogP contribution is 2.47. The number of aromatic nitrogens is 1. The third-order valence-electron chi connectivity index (χ3n) is 12.7. The molecule has 0 aliphatic heterocycles. The molecule has 0 bridgehead atoms. The fourth-order valence-corrected chi connectivity index (χ4v) is 11.0. The van der Waals surface area contributed by atoms with Crippen LogP contribution in [0, 0.1) is 0 Å². The molecule has 4 heteroatoms. The lowest BCUT2D eigenvalue weighted by Gasteiger charge is -2.26. The van der Waals surface area contributed by atoms with Gasteiger partial charge in [-0.1, -0.05) is 146 Å². The summed E-state index contributed by atoms with van der Waals surface area (Å²) in [7, 11) is 0. The Morgan fingerprint density at radius 3 is 1.72 bits per heavy atom. The molecule has 3 heterocycles. The third-order valence-corrected chi connectivity index (χ3v) is 13.9. The fraction of sp³-hybridized carbons (Fsp3) is 0. The van der Waals surface area contributed by atoms with Crippen LogP contribution in [0.4, 0.5) is 17.1 Å². The van der Waals surface area contributed by atoms with E-state index in [4.69, 9.17) is 4.42 Å². The van der Waals surface area contributed by atoms with Crippen LogP contribution in [0.15, 0.2) is 235 Å². The van der Waals surface area contributed by atoms with Crippen LogP contribution in [-0.2, 0) is 0 Å². The molecule has 0 fully saturated rings. The molecule has 0 aliphatic rings. The number of anilines is 3. The predicted octanol–water partition coefficient (Wildman–Crippen LogP) is 17.5. The number of rotatable bonds is 7. The highest BCUT2D eigenvalue weighted by atomic mass is 32.1. The summed E-state index contributed by atoms with van der Waals surface area (Å²) in [6.07, 6.45) is 0. The van der Waals surface area contributed by atoms with Gasteiger partial charge in [-0.15, -0.1) is 11.3 Å². The first-order valence-electron chi connectivity index (χ1n) is 21.7. The van der Waals surface area contributed by atoms with Gasteiger partial charge in [0.25, 0.3) is 0 Å². The van der Waals surface area contributed by atoms with Crippen LogP contribution >= 0.6 is 11.3 Å². The van der Waals surface area contributed by atoms with Crippen LogP contribution in [0.2, 0.25) is 0 Å². The molecule has 10 aromatic carbocycles. The summed E-state index contributed by atoms with van der Waals surface area (Å²) in [6, 6.07) is 83.6. The molecule has 0 unspecified atom stereocenters. The maximum Gasteiger partial charge on any atom is 0.135 e. The molecular weight excluding hydrogens is 797 g/mol. The van der Waals surface area contributed by atoms with Crippen molar-refractivity contribution in [3.05, 3.63) is 231 Å². The molecule has 0 N–H and O–H groups in total. The van der Waals surface area contributed by atoms with Crippen LogP contribution in [0.25, 0.3) is 103 Å². The quantitative estimate of drug-likeness (QED) is 0.159. The lowest BCUT2D eigenvalue weighted by atomic mass is 9.97. The zero-order chi connectivity index (χ0) is 42.1. The predicted molar refractivity (Wildman–Crippen MR) is 272 cm³/mol. The molecular formula is C60H38N2OS. The number of hydrogen-bond donors (Lipinski definition) is 0. The largest absolute Gasteiger partial charge is 0.456 e. The van der Waals surface area contributed by atoms with E-state index in [-0.39, 0.29) is 0 Å². The van der Waals surface area contributed by atoms with Crippen molar-refractivity contribution in [1.29, 1.82) is 0 Å². The molecule has 0 amide bonds. The van der Waals surface area contributed by atoms with Crippen molar-refractivity contribution in [3.8, 4) is 39.1 Å². The average molecular weight is 835 g/mol. The number of thiophene rings is 1. The molecule has 64 heavy (non-hydrogen) atoms. The number of furan rings is 1. The van der Waals surface area contributed by atoms with Gasteiger partial charge in [0, 0.05) is 70.0 Å². The number of benzene rings is 10. The fourth-order valence-electron chi connectivity index (χ4n) is 9.78. The summed E-state index contributed by atoms with van der Waals surface area (Å²) in [5, 5.41) is 7.17. The summed E-state index contributed by atoms with van der Waals surface area (Å²) in [5.41, 5.74) is 15.6. The molecule has 0 radical (unpaired) electrons. The molecule has 0 saturated carbocycles. The van der Waals surface area contributed by atoms with Crippen molar-refractivity contribution in [1.82, 2.24) is 4.57 Å². The van der Waals surface area contributed by atoms with E-state index >= 15 is 0 Å². The lowest BCUT2D eigenvalue weighted by Crippen LogP contribution is -2.10. The minimum absolute atomic E-state index is 0.881. The molecule has 3 aromatic heterocycles. The standard InChI is InChI=1S/C60H38N2OS/c1-4-16-39(17-5-1)42-32-43(40-18-6-2-7-19-40)34-46(33-42)62-55-25-13-10-22-48(55)49-30-28-41(35-56(49)62)52-37-47(38-54-51-24-12-15-27-59(51)64-60(52)54)61(44-20-8-3-9-21-44)45-29-31-58-53(36-45)50-23-11-14-26-57(50)63-58/h1-38H. The van der Waals surface area contributed by atoms with E-state index in [1.165, 1.54) is 75.4 Å². The molecule has 300 valence electrons. The highest BCUT2D eigenvalue weighted by molar-refractivity contribution is 7.26. The second-order valence-electron chi connectivity index (χ2n) is 16.5. The summed E-state index contributed by atoms with van der Waals surface area (Å²) < 4.78 is 11.3. The summed E-state index contributed by atoms with van der Waals surface area (Å²) in [5.74, 6) is 0. The maximum absolute atomic E-state index is 6.31. The summed E-state index contributed by atoms with van der Waals surface area (Å²) >= 11 is 1.87. The number of nitrogens with zero attached hydrogens (tertiary/aromatic N) is 2. The van der Waals surface area contributed by atoms with Gasteiger partial charge < -0.3 is 13.9 Å². The highest BCUT2D eigenvalue weighted by Gasteiger charge is 2.22. The van der Waals surface area contributed by atoms with Crippen molar-refractivity contribution < 1.29 is 4.42 Å². The van der Waals surface area contributed by atoms with Gasteiger partial charge in [-0.3, -0.25) is 0 Å². The smallest absolute Gasteiger partial charge is 0.135 e. The first-order valence-corrected chi connectivity index (χ1v) is 22.6. The summed E-state index contributed by atoms with van der Waals surface area (Å²) in [4.78, 5) is 2.40. The lowest BCUT2D eigenvalue weighted by molar-refractivity contribution is 0.669. The topological polar surface area (TPSA) is 21.3 Å². The molecule has 0 atom stereocenters. The Kier molecular flexibility index (Phi) is 8.40. The van der Waals surface area contributed by atoms with E-state index in [1.807, 2.05) is 23.5 Å². The van der Waals surface area contributed by atoms with Crippen molar-refractivity contribution in [2.45, 2.75) is 0 Å². The van der Waals surface area contributed by atoms with Gasteiger partial charge >= 0.3 is 0 Å². The third kappa shape index (κ3) is 5.95. The second kappa shape index (κ2) is 14.7. The monoisotopic (exact) mass is 834 g/mol. The molecule has 13 aromatic rings. The number of para-hydroxylation sites is 3. The van der Waals surface area contributed by atoms with Gasteiger partial charge in [0.05, 0.1) is 11.0 Å². The van der Waals surface area contributed by atoms with Crippen LogP contribution in [0.3, 0.4) is 0 Å². The average Bonchev–Trinajstić information content (AvgIpc) is 4.04. The Morgan fingerprint density at radius 2 is 0.953 bits per heavy atom. The summed E-state index contributed by atoms with van der Waals surface area (Å²) in [6.45, 7) is 0. The molecule has 0 spiro atoms. The minimum atomic E-state index is 0.881. The van der Waals surface area contributed by atoms with E-state index in [0.717, 1.165) is 44.7 Å². The van der Waals surface area contributed by atoms with Gasteiger partial charge in [0.2, 0.25) is 0 Å². The van der Waals surface area contributed by atoms with Gasteiger partial charge in [0.1, 0.15) is 11.2 Å². The van der Waals surface area contributed by atoms with Crippen molar-refractivity contribution in [2.75, 3.05) is 4.90 Å². The van der Waals surface area contributed by atoms with E-state index in [9.17, 15) is 0 Å². The van der Waals surface area contributed by atoms with E-state index in [0.29, 0.717) is 0 Å². The van der Waals surface area contributed by atoms with Gasteiger partial charge in [-0.2, -0.15) is 0 Å². The first kappa shape index (κ1) is 36.5. The number of fused-ring (bicyclic) bond motifs is 9. The minimum Gasteiger partial charge on any atom is -0.456 e. The Labute approximate surface area is 373 Å². The Hall–Kier alpha value is -8.18. The Bertz CT molecular complexity index is 3840. The number of hydrogen-bond acceptors (Lipinski definition) is 3. The molecule has 3 nitrogen and oxygen atoms in total. The van der Waals surface area contributed by atoms with Crippen molar-refractivity contribution in [2.24, 2.45) is 0 Å². The first-order chi connectivity index (χ1) is 31.7. The van der Waals surface area contributed by atoms with Crippen LogP contribution < -0.4 is 4.90 Å². The van der Waals surface area contributed by atoms with Crippen LogP contribution in [0.1, 0.15) is 0 Å². The second-order valence-corrected chi connectivity index (χ2v) is 17.6. The van der Waals surface area contributed by atoms with Crippen molar-refractivity contribution in [3.63, 3.8) is 0 Å². The zero-order valence-electron chi connectivity index (χ0n) is 34.7. The SMILES string of the molecule is c1ccc(-c2cc(-c3ccccc3)cc(-n3c4ccccc4c4ccc(-c5cc(N(c6ccccc6)c6ccc7oc8ccccc8c7c6)cc6c5sc5ccccc56)cc43)c2)cc1. The van der Waals surface area contributed by atoms with E-state index in [2.05, 4.69) is 228 Å². The Morgan fingerprint density at radius 1 is 0.344 bits per heavy atom. The molecule has 13 rings (SSSR count). The zero-order valence-corrected chi connectivity index (χ0v) is 35.5. The van der Waals surface area contributed by atoms with E-state index < -0.39 is 0 Å². The normalized spacial score (nSPS) is 11.8. The van der Waals surface area contributed by atoms with Gasteiger partial charge in [-0.05, 0) is 113 Å². The van der Waals surface area contributed by atoms with Gasteiger partial charge in [0.15, 0.2) is 0 Å². The van der Waals surface area contributed by atoms with Crippen LogP contribution in [-0.4, -0.2) is 4.57 Å². The molecule has 0 aliphatic carbocycles. The maximum atomic E-state index is 6.31. The van der Waals surface area contributed by atoms with Crippen LogP contribution in [0.5, 0.6) is 0 Å². The van der Waals surface area contributed by atoms with Crippen molar-refractivity contribution >= 4 is 92.3 Å². The Balaban J connectivity index is 1.07. The van der Waals surface area contributed by atoms with E-state index in [1.54, 1.807) is 0 Å². The molecule has 0 saturated heterocycles. The van der Waals surface area contributed by atoms with Gasteiger partial charge in [-0.25, -0.2) is 0 Å².